The minimum atomic E-state index is -0.392. The Morgan fingerprint density at radius 2 is 2.17 bits per heavy atom. The molecule has 0 radical (unpaired) electrons. The Labute approximate surface area is 73.7 Å². The first-order valence-electron chi connectivity index (χ1n) is 4.77. The Bertz CT molecular complexity index is 159. The smallest absolute Gasteiger partial charge is 0.312 e. The van der Waals surface area contributed by atoms with Crippen LogP contribution in [0.3, 0.4) is 0 Å². The standard InChI is InChI=1S/C9H18N2O/c1-2-7-4-3-5-8(7)6-11-9(10)12/h7-8H,2-6H2,1H3,(H3,10,11,12). The summed E-state index contributed by atoms with van der Waals surface area (Å²) in [6, 6.07) is -0.392. The summed E-state index contributed by atoms with van der Waals surface area (Å²) >= 11 is 0. The van der Waals surface area contributed by atoms with Crippen molar-refractivity contribution in [2.24, 2.45) is 17.6 Å². The van der Waals surface area contributed by atoms with E-state index in [1.165, 1.54) is 25.7 Å². The summed E-state index contributed by atoms with van der Waals surface area (Å²) < 4.78 is 0. The van der Waals surface area contributed by atoms with E-state index in [4.69, 9.17) is 5.73 Å². The van der Waals surface area contributed by atoms with Crippen LogP contribution in [0.2, 0.25) is 0 Å². The number of carbonyl (C=O) groups excluding carboxylic acids is 1. The number of rotatable bonds is 3. The highest BCUT2D eigenvalue weighted by Gasteiger charge is 2.25. The summed E-state index contributed by atoms with van der Waals surface area (Å²) in [6.45, 7) is 2.99. The molecule has 0 bridgehead atoms. The van der Waals surface area contributed by atoms with Crippen LogP contribution in [0.1, 0.15) is 32.6 Å². The quantitative estimate of drug-likeness (QED) is 0.662. The van der Waals surface area contributed by atoms with Crippen LogP contribution in [0.25, 0.3) is 0 Å². The molecule has 0 saturated heterocycles. The van der Waals surface area contributed by atoms with Gasteiger partial charge in [0.05, 0.1) is 0 Å². The fourth-order valence-electron chi connectivity index (χ4n) is 2.15. The molecular weight excluding hydrogens is 152 g/mol. The molecule has 0 spiro atoms. The molecule has 0 heterocycles. The van der Waals surface area contributed by atoms with Crippen LogP contribution in [0, 0.1) is 11.8 Å². The highest BCUT2D eigenvalue weighted by Crippen LogP contribution is 2.33. The molecular formula is C9H18N2O. The maximum Gasteiger partial charge on any atom is 0.312 e. The fourth-order valence-corrected chi connectivity index (χ4v) is 2.15. The molecule has 2 atom stereocenters. The van der Waals surface area contributed by atoms with Crippen LogP contribution in [0.4, 0.5) is 4.79 Å². The van der Waals surface area contributed by atoms with E-state index in [-0.39, 0.29) is 0 Å². The van der Waals surface area contributed by atoms with E-state index in [1.54, 1.807) is 0 Å². The Morgan fingerprint density at radius 3 is 2.75 bits per heavy atom. The lowest BCUT2D eigenvalue weighted by Gasteiger charge is -2.17. The minimum absolute atomic E-state index is 0.392. The zero-order valence-electron chi connectivity index (χ0n) is 7.68. The lowest BCUT2D eigenvalue weighted by atomic mass is 9.94. The number of nitrogens with one attached hydrogen (secondary N) is 1. The second-order valence-corrected chi connectivity index (χ2v) is 3.60. The van der Waals surface area contributed by atoms with Crippen molar-refractivity contribution in [2.45, 2.75) is 32.6 Å². The van der Waals surface area contributed by atoms with Crippen LogP contribution < -0.4 is 11.1 Å². The summed E-state index contributed by atoms with van der Waals surface area (Å²) in [6.07, 6.45) is 5.11. The Morgan fingerprint density at radius 1 is 1.50 bits per heavy atom. The van der Waals surface area contributed by atoms with Gasteiger partial charge in [0.15, 0.2) is 0 Å². The molecule has 0 aromatic carbocycles. The first kappa shape index (κ1) is 9.36. The van der Waals surface area contributed by atoms with Gasteiger partial charge < -0.3 is 11.1 Å². The van der Waals surface area contributed by atoms with E-state index in [2.05, 4.69) is 12.2 Å². The van der Waals surface area contributed by atoms with Crippen LogP contribution in [-0.4, -0.2) is 12.6 Å². The van der Waals surface area contributed by atoms with Crippen molar-refractivity contribution in [3.8, 4) is 0 Å². The topological polar surface area (TPSA) is 55.1 Å². The van der Waals surface area contributed by atoms with Gasteiger partial charge in [-0.2, -0.15) is 0 Å². The summed E-state index contributed by atoms with van der Waals surface area (Å²) in [7, 11) is 0. The highest BCUT2D eigenvalue weighted by molar-refractivity contribution is 5.71. The average molecular weight is 170 g/mol. The number of carbonyl (C=O) groups is 1. The molecule has 12 heavy (non-hydrogen) atoms. The van der Waals surface area contributed by atoms with Gasteiger partial charge in [0.2, 0.25) is 0 Å². The number of primary amides is 1. The fraction of sp³-hybridized carbons (Fsp3) is 0.889. The molecule has 0 aromatic rings. The number of hydrogen-bond acceptors (Lipinski definition) is 1. The molecule has 70 valence electrons. The number of amides is 2. The van der Waals surface area contributed by atoms with Gasteiger partial charge in [-0.15, -0.1) is 0 Å². The maximum atomic E-state index is 10.5. The van der Waals surface area contributed by atoms with Crippen LogP contribution in [0.15, 0.2) is 0 Å². The first-order valence-corrected chi connectivity index (χ1v) is 4.77. The van der Waals surface area contributed by atoms with E-state index in [9.17, 15) is 4.79 Å². The summed E-state index contributed by atoms with van der Waals surface area (Å²) in [5, 5.41) is 2.69. The van der Waals surface area contributed by atoms with Gasteiger partial charge in [0.1, 0.15) is 0 Å². The molecule has 2 amide bonds. The third kappa shape index (κ3) is 2.40. The first-order chi connectivity index (χ1) is 5.74. The molecule has 0 aromatic heterocycles. The van der Waals surface area contributed by atoms with E-state index in [0.717, 1.165) is 12.5 Å². The summed E-state index contributed by atoms with van der Waals surface area (Å²) in [5.41, 5.74) is 5.01. The maximum absolute atomic E-state index is 10.5. The molecule has 0 aliphatic heterocycles. The van der Waals surface area contributed by atoms with Gasteiger partial charge in [-0.3, -0.25) is 0 Å². The van der Waals surface area contributed by atoms with E-state index >= 15 is 0 Å². The predicted molar refractivity (Wildman–Crippen MR) is 48.7 cm³/mol. The van der Waals surface area contributed by atoms with E-state index in [0.29, 0.717) is 5.92 Å². The van der Waals surface area contributed by atoms with Gasteiger partial charge in [-0.25, -0.2) is 4.79 Å². The third-order valence-electron chi connectivity index (χ3n) is 2.88. The largest absolute Gasteiger partial charge is 0.352 e. The zero-order chi connectivity index (χ0) is 8.97. The molecule has 3 nitrogen and oxygen atoms in total. The Balaban J connectivity index is 2.26. The molecule has 2 unspecified atom stereocenters. The summed E-state index contributed by atoms with van der Waals surface area (Å²) in [5.74, 6) is 1.47. The molecule has 1 aliphatic carbocycles. The van der Waals surface area contributed by atoms with Gasteiger partial charge in [0, 0.05) is 6.54 Å². The van der Waals surface area contributed by atoms with Crippen molar-refractivity contribution < 1.29 is 4.79 Å². The second-order valence-electron chi connectivity index (χ2n) is 3.60. The lowest BCUT2D eigenvalue weighted by Crippen LogP contribution is -2.34. The van der Waals surface area contributed by atoms with Crippen molar-refractivity contribution >= 4 is 6.03 Å². The normalized spacial score (nSPS) is 28.8. The van der Waals surface area contributed by atoms with Crippen LogP contribution in [0.5, 0.6) is 0 Å². The molecule has 1 rings (SSSR count). The van der Waals surface area contributed by atoms with Crippen LogP contribution in [-0.2, 0) is 0 Å². The minimum Gasteiger partial charge on any atom is -0.352 e. The van der Waals surface area contributed by atoms with Gasteiger partial charge in [-0.05, 0) is 18.3 Å². The van der Waals surface area contributed by atoms with Crippen molar-refractivity contribution in [3.05, 3.63) is 0 Å². The van der Waals surface area contributed by atoms with Crippen LogP contribution >= 0.6 is 0 Å². The average Bonchev–Trinajstić information content (AvgIpc) is 2.47. The Kier molecular flexibility index (Phi) is 3.38. The van der Waals surface area contributed by atoms with Gasteiger partial charge in [0.25, 0.3) is 0 Å². The molecule has 1 saturated carbocycles. The zero-order valence-corrected chi connectivity index (χ0v) is 7.68. The number of urea groups is 1. The van der Waals surface area contributed by atoms with Crippen molar-refractivity contribution in [1.29, 1.82) is 0 Å². The van der Waals surface area contributed by atoms with Gasteiger partial charge in [-0.1, -0.05) is 26.2 Å². The van der Waals surface area contributed by atoms with E-state index < -0.39 is 6.03 Å². The monoisotopic (exact) mass is 170 g/mol. The lowest BCUT2D eigenvalue weighted by molar-refractivity contribution is 0.244. The van der Waals surface area contributed by atoms with Crippen molar-refractivity contribution in [2.75, 3.05) is 6.54 Å². The van der Waals surface area contributed by atoms with Crippen molar-refractivity contribution in [1.82, 2.24) is 5.32 Å². The molecule has 3 N–H and O–H groups in total. The Hall–Kier alpha value is -0.730. The second kappa shape index (κ2) is 4.33. The summed E-state index contributed by atoms with van der Waals surface area (Å²) in [4.78, 5) is 10.5. The molecule has 1 fully saturated rings. The predicted octanol–water partition coefficient (Wildman–Crippen LogP) is 1.48. The molecule has 1 aliphatic rings. The molecule has 3 heteroatoms. The highest BCUT2D eigenvalue weighted by atomic mass is 16.2. The van der Waals surface area contributed by atoms with Gasteiger partial charge >= 0.3 is 6.03 Å². The SMILES string of the molecule is CCC1CCCC1CNC(N)=O. The van der Waals surface area contributed by atoms with Crippen molar-refractivity contribution in [3.63, 3.8) is 0 Å². The van der Waals surface area contributed by atoms with E-state index in [1.807, 2.05) is 0 Å². The number of nitrogens with two attached hydrogens (primary N) is 1. The third-order valence-corrected chi connectivity index (χ3v) is 2.88. The number of hydrogen-bond donors (Lipinski definition) is 2.